The van der Waals surface area contributed by atoms with Crippen LogP contribution >= 0.6 is 0 Å². The SMILES string of the molecule is CCCCCCCCCCCCCCC(=O)O[C@H](COC(=O)CCCCCCCCCCCCCCCCCCCCC(C)CC)COC(=O)CCCCCCCCCCCCCCCC(C)C. The Bertz CT molecular complexity index is 1040. The lowest BCUT2D eigenvalue weighted by atomic mass is 9.99. The lowest BCUT2D eigenvalue weighted by molar-refractivity contribution is -0.167. The third-order valence-corrected chi connectivity index (χ3v) is 14.6. The maximum Gasteiger partial charge on any atom is 0.306 e. The van der Waals surface area contributed by atoms with E-state index in [0.717, 1.165) is 69.6 Å². The predicted octanol–water partition coefficient (Wildman–Crippen LogP) is 20.4. The minimum absolute atomic E-state index is 0.0622. The van der Waals surface area contributed by atoms with Crippen LogP contribution in [0.5, 0.6) is 0 Å². The van der Waals surface area contributed by atoms with Crippen molar-refractivity contribution in [3.05, 3.63) is 0 Å². The molecule has 2 atom stereocenters. The molecule has 0 spiro atoms. The van der Waals surface area contributed by atoms with Gasteiger partial charge in [-0.2, -0.15) is 0 Å². The predicted molar refractivity (Wildman–Crippen MR) is 293 cm³/mol. The summed E-state index contributed by atoms with van der Waals surface area (Å²) in [4.78, 5) is 38.2. The highest BCUT2D eigenvalue weighted by Gasteiger charge is 2.19. The minimum atomic E-state index is -0.762. The van der Waals surface area contributed by atoms with E-state index in [-0.39, 0.29) is 31.1 Å². The normalized spacial score (nSPS) is 12.4. The van der Waals surface area contributed by atoms with Gasteiger partial charge < -0.3 is 14.2 Å². The van der Waals surface area contributed by atoms with E-state index in [1.54, 1.807) is 0 Å². The first kappa shape index (κ1) is 66.4. The first-order valence-electron chi connectivity index (χ1n) is 30.8. The lowest BCUT2D eigenvalue weighted by Crippen LogP contribution is -2.30. The van der Waals surface area contributed by atoms with Crippen molar-refractivity contribution in [3.63, 3.8) is 0 Å². The molecule has 0 radical (unpaired) electrons. The topological polar surface area (TPSA) is 78.9 Å². The Balaban J connectivity index is 4.21. The molecule has 0 aromatic heterocycles. The molecule has 68 heavy (non-hydrogen) atoms. The summed E-state index contributed by atoms with van der Waals surface area (Å²) in [5.74, 6) is 0.914. The zero-order valence-corrected chi connectivity index (χ0v) is 46.7. The van der Waals surface area contributed by atoms with Crippen LogP contribution in [-0.4, -0.2) is 37.2 Å². The van der Waals surface area contributed by atoms with Crippen LogP contribution in [0.4, 0.5) is 0 Å². The molecule has 0 aliphatic rings. The maximum atomic E-state index is 12.8. The number of rotatable bonds is 56. The zero-order valence-electron chi connectivity index (χ0n) is 46.7. The van der Waals surface area contributed by atoms with Gasteiger partial charge in [0.2, 0.25) is 0 Å². The summed E-state index contributed by atoms with van der Waals surface area (Å²) < 4.78 is 16.9. The van der Waals surface area contributed by atoms with E-state index in [0.29, 0.717) is 19.3 Å². The molecule has 0 aromatic rings. The zero-order chi connectivity index (χ0) is 49.6. The fourth-order valence-electron chi connectivity index (χ4n) is 9.55. The molecule has 0 rings (SSSR count). The van der Waals surface area contributed by atoms with E-state index < -0.39 is 6.10 Å². The average molecular weight is 962 g/mol. The monoisotopic (exact) mass is 961 g/mol. The molecular formula is C62H120O6. The van der Waals surface area contributed by atoms with Gasteiger partial charge in [0, 0.05) is 19.3 Å². The Kier molecular flexibility index (Phi) is 53.5. The molecule has 0 amide bonds. The highest BCUT2D eigenvalue weighted by Crippen LogP contribution is 2.19. The summed E-state index contributed by atoms with van der Waals surface area (Å²) in [6.45, 7) is 11.5. The molecular weight excluding hydrogens is 841 g/mol. The van der Waals surface area contributed by atoms with Crippen molar-refractivity contribution in [1.29, 1.82) is 0 Å². The summed E-state index contributed by atoms with van der Waals surface area (Å²) in [6, 6.07) is 0. The van der Waals surface area contributed by atoms with Gasteiger partial charge in [0.15, 0.2) is 6.10 Å². The second-order valence-corrected chi connectivity index (χ2v) is 22.1. The van der Waals surface area contributed by atoms with E-state index in [2.05, 4.69) is 34.6 Å². The van der Waals surface area contributed by atoms with Gasteiger partial charge in [-0.25, -0.2) is 0 Å². The Morgan fingerprint density at radius 3 is 0.838 bits per heavy atom. The van der Waals surface area contributed by atoms with Crippen molar-refractivity contribution in [3.8, 4) is 0 Å². The molecule has 0 saturated heterocycles. The second kappa shape index (κ2) is 54.7. The quantitative estimate of drug-likeness (QED) is 0.0343. The minimum Gasteiger partial charge on any atom is -0.462 e. The van der Waals surface area contributed by atoms with Gasteiger partial charge >= 0.3 is 17.9 Å². The smallest absolute Gasteiger partial charge is 0.306 e. The Morgan fingerprint density at radius 2 is 0.559 bits per heavy atom. The van der Waals surface area contributed by atoms with E-state index in [9.17, 15) is 14.4 Å². The van der Waals surface area contributed by atoms with Crippen LogP contribution in [-0.2, 0) is 28.6 Å². The summed E-state index contributed by atoms with van der Waals surface area (Å²) >= 11 is 0. The van der Waals surface area contributed by atoms with Gasteiger partial charge in [-0.3, -0.25) is 14.4 Å². The molecule has 6 nitrogen and oxygen atoms in total. The van der Waals surface area contributed by atoms with Crippen molar-refractivity contribution >= 4 is 17.9 Å². The van der Waals surface area contributed by atoms with Crippen molar-refractivity contribution in [2.45, 2.75) is 355 Å². The number of esters is 3. The standard InChI is InChI=1S/C62H120O6/c1-6-8-9-10-11-12-13-27-34-39-44-49-54-62(65)68-59(56-67-61(64)53-48-43-38-33-29-24-20-21-25-30-35-40-45-50-57(3)4)55-66-60(63)52-47-42-37-32-28-23-19-17-15-14-16-18-22-26-31-36-41-46-51-58(5)7-2/h57-59H,6-56H2,1-5H3/t58?,59-/m1/s1. The van der Waals surface area contributed by atoms with Crippen molar-refractivity contribution in [2.24, 2.45) is 11.8 Å². The van der Waals surface area contributed by atoms with Gasteiger partial charge in [-0.15, -0.1) is 0 Å². The molecule has 0 bridgehead atoms. The molecule has 0 N–H and O–H groups in total. The van der Waals surface area contributed by atoms with Crippen molar-refractivity contribution in [1.82, 2.24) is 0 Å². The van der Waals surface area contributed by atoms with Crippen LogP contribution in [0.3, 0.4) is 0 Å². The van der Waals surface area contributed by atoms with E-state index in [1.807, 2.05) is 0 Å². The Labute approximate surface area is 425 Å². The largest absolute Gasteiger partial charge is 0.462 e. The number of hydrogen-bond donors (Lipinski definition) is 0. The first-order valence-corrected chi connectivity index (χ1v) is 30.8. The number of carbonyl (C=O) groups is 3. The maximum absolute atomic E-state index is 12.8. The van der Waals surface area contributed by atoms with Crippen molar-refractivity contribution < 1.29 is 28.6 Å². The van der Waals surface area contributed by atoms with E-state index in [1.165, 1.54) is 238 Å². The second-order valence-electron chi connectivity index (χ2n) is 22.1. The van der Waals surface area contributed by atoms with Gasteiger partial charge in [0.25, 0.3) is 0 Å². The molecule has 0 aliphatic heterocycles. The molecule has 0 aliphatic carbocycles. The molecule has 1 unspecified atom stereocenters. The third-order valence-electron chi connectivity index (χ3n) is 14.6. The van der Waals surface area contributed by atoms with Crippen LogP contribution < -0.4 is 0 Å². The van der Waals surface area contributed by atoms with Crippen LogP contribution in [0.1, 0.15) is 349 Å². The summed E-state index contributed by atoms with van der Waals surface area (Å²) in [6.07, 6.45) is 59.5. The first-order chi connectivity index (χ1) is 33.3. The van der Waals surface area contributed by atoms with Crippen LogP contribution in [0, 0.1) is 11.8 Å². The number of unbranched alkanes of at least 4 members (excludes halogenated alkanes) is 40. The Hall–Kier alpha value is -1.59. The van der Waals surface area contributed by atoms with Crippen LogP contribution in [0.15, 0.2) is 0 Å². The molecule has 0 fully saturated rings. The summed E-state index contributed by atoms with van der Waals surface area (Å²) in [7, 11) is 0. The molecule has 0 saturated carbocycles. The van der Waals surface area contributed by atoms with Crippen LogP contribution in [0.25, 0.3) is 0 Å². The average Bonchev–Trinajstić information content (AvgIpc) is 3.32. The van der Waals surface area contributed by atoms with Crippen LogP contribution in [0.2, 0.25) is 0 Å². The highest BCUT2D eigenvalue weighted by atomic mass is 16.6. The van der Waals surface area contributed by atoms with Crippen molar-refractivity contribution in [2.75, 3.05) is 13.2 Å². The van der Waals surface area contributed by atoms with Gasteiger partial charge in [-0.05, 0) is 31.1 Å². The molecule has 6 heteroatoms. The van der Waals surface area contributed by atoms with E-state index in [4.69, 9.17) is 14.2 Å². The Morgan fingerprint density at radius 1 is 0.309 bits per heavy atom. The fraction of sp³-hybridized carbons (Fsp3) is 0.952. The van der Waals surface area contributed by atoms with E-state index >= 15 is 0 Å². The molecule has 404 valence electrons. The molecule has 0 aromatic carbocycles. The summed E-state index contributed by atoms with van der Waals surface area (Å²) in [5, 5.41) is 0. The van der Waals surface area contributed by atoms with Gasteiger partial charge in [0.05, 0.1) is 0 Å². The summed E-state index contributed by atoms with van der Waals surface area (Å²) in [5.41, 5.74) is 0. The third kappa shape index (κ3) is 53.8. The lowest BCUT2D eigenvalue weighted by Gasteiger charge is -2.18. The number of carbonyl (C=O) groups excluding carboxylic acids is 3. The van der Waals surface area contributed by atoms with Gasteiger partial charge in [-0.1, -0.05) is 311 Å². The van der Waals surface area contributed by atoms with Gasteiger partial charge in [0.1, 0.15) is 13.2 Å². The molecule has 0 heterocycles. The number of hydrogen-bond acceptors (Lipinski definition) is 6. The number of ether oxygens (including phenoxy) is 3. The highest BCUT2D eigenvalue weighted by molar-refractivity contribution is 5.71. The fourth-order valence-corrected chi connectivity index (χ4v) is 9.55.